The largest absolute Gasteiger partial charge is 0.365 e. The van der Waals surface area contributed by atoms with E-state index >= 15 is 0 Å². The lowest BCUT2D eigenvalue weighted by molar-refractivity contribution is 0.1000. The third-order valence-electron chi connectivity index (χ3n) is 3.51. The fourth-order valence-corrected chi connectivity index (χ4v) is 2.57. The summed E-state index contributed by atoms with van der Waals surface area (Å²) >= 11 is 0. The van der Waals surface area contributed by atoms with Gasteiger partial charge in [-0.1, -0.05) is 0 Å². The zero-order valence-corrected chi connectivity index (χ0v) is 9.65. The van der Waals surface area contributed by atoms with Crippen LogP contribution in [0, 0.1) is 0 Å². The molecule has 90 valence electrons. The summed E-state index contributed by atoms with van der Waals surface area (Å²) in [5.41, 5.74) is 14.0. The van der Waals surface area contributed by atoms with Gasteiger partial charge in [0.15, 0.2) is 0 Å². The van der Waals surface area contributed by atoms with Gasteiger partial charge in [-0.3, -0.25) is 4.79 Å². The molecule has 1 saturated heterocycles. The van der Waals surface area contributed by atoms with Crippen molar-refractivity contribution in [2.75, 3.05) is 18.0 Å². The van der Waals surface area contributed by atoms with Gasteiger partial charge in [0, 0.05) is 24.8 Å². The first-order chi connectivity index (χ1) is 8.15. The third-order valence-corrected chi connectivity index (χ3v) is 3.51. The molecule has 2 heterocycles. The summed E-state index contributed by atoms with van der Waals surface area (Å²) in [6.07, 6.45) is 3.12. The highest BCUT2D eigenvalue weighted by molar-refractivity contribution is 5.98. The van der Waals surface area contributed by atoms with E-state index in [1.165, 1.54) is 5.56 Å². The Kier molecular flexibility index (Phi) is 2.29. The van der Waals surface area contributed by atoms with Crippen LogP contribution in [-0.2, 0) is 12.8 Å². The number of hydrogen-bond donors (Lipinski definition) is 2. The van der Waals surface area contributed by atoms with E-state index in [0.29, 0.717) is 5.56 Å². The number of nitrogens with zero attached hydrogens (tertiary/aromatic N) is 2. The van der Waals surface area contributed by atoms with Crippen molar-refractivity contribution in [2.24, 2.45) is 11.5 Å². The molecule has 0 bridgehead atoms. The minimum atomic E-state index is -0.400. The van der Waals surface area contributed by atoms with E-state index in [-0.39, 0.29) is 6.04 Å². The van der Waals surface area contributed by atoms with Gasteiger partial charge in [-0.05, 0) is 30.9 Å². The minimum absolute atomic E-state index is 0.186. The smallest absolute Gasteiger partial charge is 0.252 e. The van der Waals surface area contributed by atoms with Crippen molar-refractivity contribution in [2.45, 2.75) is 25.3 Å². The number of carbonyl (C=O) groups is 1. The average Bonchev–Trinajstić information content (AvgIpc) is 2.69. The van der Waals surface area contributed by atoms with Gasteiger partial charge < -0.3 is 16.4 Å². The van der Waals surface area contributed by atoms with Crippen molar-refractivity contribution in [3.05, 3.63) is 22.9 Å². The Morgan fingerprint density at radius 2 is 2.18 bits per heavy atom. The zero-order chi connectivity index (χ0) is 12.0. The van der Waals surface area contributed by atoms with E-state index in [2.05, 4.69) is 4.98 Å². The fourth-order valence-electron chi connectivity index (χ4n) is 2.57. The van der Waals surface area contributed by atoms with E-state index in [1.807, 2.05) is 11.0 Å². The Bertz CT molecular complexity index is 480. The third kappa shape index (κ3) is 1.67. The Balaban J connectivity index is 2.03. The minimum Gasteiger partial charge on any atom is -0.365 e. The Hall–Kier alpha value is -1.62. The van der Waals surface area contributed by atoms with Crippen molar-refractivity contribution >= 4 is 11.7 Å². The normalized spacial score (nSPS) is 19.0. The first-order valence-electron chi connectivity index (χ1n) is 5.98. The molecule has 1 aliphatic heterocycles. The van der Waals surface area contributed by atoms with Gasteiger partial charge in [0.05, 0.1) is 5.56 Å². The van der Waals surface area contributed by atoms with Crippen LogP contribution >= 0.6 is 0 Å². The molecule has 17 heavy (non-hydrogen) atoms. The molecule has 1 aliphatic carbocycles. The Morgan fingerprint density at radius 3 is 2.82 bits per heavy atom. The molecule has 0 unspecified atom stereocenters. The summed E-state index contributed by atoms with van der Waals surface area (Å²) in [6.45, 7) is 1.51. The van der Waals surface area contributed by atoms with Crippen molar-refractivity contribution in [3.63, 3.8) is 0 Å². The fraction of sp³-hybridized carbons (Fsp3) is 0.500. The Morgan fingerprint density at radius 1 is 1.41 bits per heavy atom. The Labute approximate surface area is 99.8 Å². The molecule has 1 aromatic rings. The van der Waals surface area contributed by atoms with Gasteiger partial charge in [0.1, 0.15) is 5.82 Å². The first kappa shape index (κ1) is 10.5. The van der Waals surface area contributed by atoms with Gasteiger partial charge in [-0.2, -0.15) is 0 Å². The molecular formula is C12H16N4O. The number of rotatable bonds is 2. The molecule has 5 nitrogen and oxygen atoms in total. The predicted octanol–water partition coefficient (Wildman–Crippen LogP) is -0.184. The van der Waals surface area contributed by atoms with Gasteiger partial charge >= 0.3 is 0 Å². The van der Waals surface area contributed by atoms with E-state index in [1.54, 1.807) is 0 Å². The average molecular weight is 232 g/mol. The number of nitrogens with two attached hydrogens (primary N) is 2. The quantitative estimate of drug-likeness (QED) is 0.740. The second kappa shape index (κ2) is 3.70. The molecule has 1 fully saturated rings. The number of aromatic nitrogens is 1. The second-order valence-corrected chi connectivity index (χ2v) is 4.85. The lowest BCUT2D eigenvalue weighted by Crippen LogP contribution is -2.56. The van der Waals surface area contributed by atoms with Crippen LogP contribution in [0.1, 0.15) is 28.0 Å². The van der Waals surface area contributed by atoms with Crippen LogP contribution < -0.4 is 16.4 Å². The summed E-state index contributed by atoms with van der Waals surface area (Å²) in [6, 6.07) is 2.10. The lowest BCUT2D eigenvalue weighted by atomic mass is 10.1. The number of carbonyl (C=O) groups excluding carboxylic acids is 1. The highest BCUT2D eigenvalue weighted by atomic mass is 16.1. The molecular weight excluding hydrogens is 216 g/mol. The first-order valence-corrected chi connectivity index (χ1v) is 5.98. The number of pyridine rings is 1. The number of primary amides is 1. The van der Waals surface area contributed by atoms with Crippen molar-refractivity contribution in [1.29, 1.82) is 0 Å². The molecule has 0 radical (unpaired) electrons. The monoisotopic (exact) mass is 232 g/mol. The maximum Gasteiger partial charge on any atom is 0.252 e. The molecule has 0 aromatic carbocycles. The highest BCUT2D eigenvalue weighted by Crippen LogP contribution is 2.29. The van der Waals surface area contributed by atoms with Crippen LogP contribution in [0.3, 0.4) is 0 Å². The molecule has 4 N–H and O–H groups in total. The second-order valence-electron chi connectivity index (χ2n) is 4.85. The highest BCUT2D eigenvalue weighted by Gasteiger charge is 2.29. The molecule has 3 rings (SSSR count). The lowest BCUT2D eigenvalue weighted by Gasteiger charge is -2.38. The zero-order valence-electron chi connectivity index (χ0n) is 9.65. The summed E-state index contributed by atoms with van der Waals surface area (Å²) < 4.78 is 0. The number of hydrogen-bond acceptors (Lipinski definition) is 4. The maximum atomic E-state index is 11.5. The van der Waals surface area contributed by atoms with E-state index < -0.39 is 5.91 Å². The SMILES string of the molecule is NC(=O)c1cc2c(nc1N1CC(N)C1)CCC2. The van der Waals surface area contributed by atoms with Crippen molar-refractivity contribution in [1.82, 2.24) is 4.98 Å². The van der Waals surface area contributed by atoms with Crippen LogP contribution in [0.5, 0.6) is 0 Å². The molecule has 5 heteroatoms. The van der Waals surface area contributed by atoms with Gasteiger partial charge in [-0.15, -0.1) is 0 Å². The summed E-state index contributed by atoms with van der Waals surface area (Å²) in [4.78, 5) is 18.1. The van der Waals surface area contributed by atoms with Crippen molar-refractivity contribution in [3.8, 4) is 0 Å². The van der Waals surface area contributed by atoms with Crippen LogP contribution in [0.4, 0.5) is 5.82 Å². The van der Waals surface area contributed by atoms with Crippen LogP contribution in [0.25, 0.3) is 0 Å². The number of amides is 1. The van der Waals surface area contributed by atoms with E-state index in [0.717, 1.165) is 43.9 Å². The number of fused-ring (bicyclic) bond motifs is 1. The summed E-state index contributed by atoms with van der Waals surface area (Å²) in [5, 5.41) is 0. The van der Waals surface area contributed by atoms with Crippen LogP contribution in [0.15, 0.2) is 6.07 Å². The van der Waals surface area contributed by atoms with E-state index in [9.17, 15) is 4.79 Å². The van der Waals surface area contributed by atoms with Crippen molar-refractivity contribution < 1.29 is 4.79 Å². The summed E-state index contributed by atoms with van der Waals surface area (Å²) in [5.74, 6) is 0.322. The van der Waals surface area contributed by atoms with Crippen LogP contribution in [0.2, 0.25) is 0 Å². The molecule has 1 amide bonds. The van der Waals surface area contributed by atoms with Gasteiger partial charge in [-0.25, -0.2) is 4.98 Å². The van der Waals surface area contributed by atoms with E-state index in [4.69, 9.17) is 11.5 Å². The molecule has 0 atom stereocenters. The molecule has 0 spiro atoms. The number of anilines is 1. The number of aryl methyl sites for hydroxylation is 2. The topological polar surface area (TPSA) is 85.2 Å². The molecule has 2 aliphatic rings. The molecule has 1 aromatic heterocycles. The standard InChI is InChI=1S/C12H16N4O/c13-8-5-16(6-8)12-9(11(14)17)4-7-2-1-3-10(7)15-12/h4,8H,1-3,5-6,13H2,(H2,14,17). The molecule has 0 saturated carbocycles. The van der Waals surface area contributed by atoms with Gasteiger partial charge in [0.25, 0.3) is 5.91 Å². The maximum absolute atomic E-state index is 11.5. The van der Waals surface area contributed by atoms with Gasteiger partial charge in [0.2, 0.25) is 0 Å². The summed E-state index contributed by atoms with van der Waals surface area (Å²) in [7, 11) is 0. The van der Waals surface area contributed by atoms with Crippen LogP contribution in [-0.4, -0.2) is 30.0 Å². The predicted molar refractivity (Wildman–Crippen MR) is 65.0 cm³/mol.